The van der Waals surface area contributed by atoms with E-state index in [1.165, 1.54) is 13.8 Å². The first kappa shape index (κ1) is 50.4. The molecule has 0 aliphatic carbocycles. The van der Waals surface area contributed by atoms with Gasteiger partial charge in [-0.1, -0.05) is 69.7 Å². The van der Waals surface area contributed by atoms with E-state index in [2.05, 4.69) is 41.3 Å². The molecule has 0 saturated carbocycles. The number of fused-ring (bicyclic) bond motifs is 1. The number of rotatable bonds is 25. The van der Waals surface area contributed by atoms with Crippen molar-refractivity contribution in [2.45, 2.75) is 83.5 Å². The van der Waals surface area contributed by atoms with E-state index in [1.54, 1.807) is 6.08 Å². The van der Waals surface area contributed by atoms with Gasteiger partial charge in [0.15, 0.2) is 22.8 Å². The Kier molecular flexibility index (Phi) is 19.4. The van der Waals surface area contributed by atoms with E-state index in [4.69, 9.17) is 19.5 Å². The first-order valence-electron chi connectivity index (χ1n) is 17.9. The van der Waals surface area contributed by atoms with Crippen LogP contribution in [0.15, 0.2) is 37.0 Å². The van der Waals surface area contributed by atoms with Crippen molar-refractivity contribution in [2.75, 3.05) is 37.8 Å². The van der Waals surface area contributed by atoms with Crippen LogP contribution >= 0.6 is 35.2 Å². The minimum Gasteiger partial charge on any atom is -0.386 e. The number of nitrogens with two attached hydrogens (primary N) is 1. The van der Waals surface area contributed by atoms with Gasteiger partial charge in [-0.25, -0.2) is 28.6 Å². The Labute approximate surface area is 342 Å². The molecule has 1 saturated heterocycles. The zero-order valence-electron chi connectivity index (χ0n) is 32.2. The van der Waals surface area contributed by atoms with E-state index in [1.807, 2.05) is 18.2 Å². The predicted molar refractivity (Wildman–Crippen MR) is 210 cm³/mol. The molecular formula is C31H50N7O17P3S. The highest BCUT2D eigenvalue weighted by atomic mass is 32.2. The number of nitrogens with one attached hydrogen (secondary N) is 2. The van der Waals surface area contributed by atoms with Crippen LogP contribution in [0.4, 0.5) is 5.82 Å². The van der Waals surface area contributed by atoms with Crippen molar-refractivity contribution >= 4 is 69.1 Å². The monoisotopic (exact) mass is 917 g/mol. The lowest BCUT2D eigenvalue weighted by Crippen LogP contribution is -2.46. The summed E-state index contributed by atoms with van der Waals surface area (Å²) in [6, 6.07) is 0. The molecule has 7 atom stereocenters. The van der Waals surface area contributed by atoms with E-state index < -0.39 is 84.6 Å². The number of amides is 2. The van der Waals surface area contributed by atoms with E-state index >= 15 is 0 Å². The van der Waals surface area contributed by atoms with Gasteiger partial charge in [0, 0.05) is 37.1 Å². The average Bonchev–Trinajstić information content (AvgIpc) is 3.71. The quantitative estimate of drug-likeness (QED) is 0.0385. The maximum atomic E-state index is 12.7. The number of unbranched alkanes of at least 4 members (excludes halogenated alkanes) is 2. The highest BCUT2D eigenvalue weighted by molar-refractivity contribution is 8.13. The van der Waals surface area contributed by atoms with Crippen molar-refractivity contribution in [2.24, 2.45) is 5.41 Å². The molecule has 2 aromatic heterocycles. The van der Waals surface area contributed by atoms with Crippen LogP contribution in [0.25, 0.3) is 11.2 Å². The van der Waals surface area contributed by atoms with E-state index in [0.29, 0.717) is 5.75 Å². The number of aliphatic hydroxyl groups is 2. The number of thioether (sulfide) groups is 1. The second-order valence-electron chi connectivity index (χ2n) is 13.5. The number of carbonyl (C=O) groups is 3. The van der Waals surface area contributed by atoms with Gasteiger partial charge in [-0.15, -0.1) is 0 Å². The number of phosphoric acid groups is 3. The number of nitrogens with zero attached hydrogens (tertiary/aromatic N) is 4. The van der Waals surface area contributed by atoms with E-state index in [-0.39, 0.29) is 48.0 Å². The van der Waals surface area contributed by atoms with Crippen LogP contribution in [0.2, 0.25) is 0 Å². The third-order valence-electron chi connectivity index (χ3n) is 8.16. The Morgan fingerprint density at radius 3 is 2.44 bits per heavy atom. The first-order chi connectivity index (χ1) is 27.6. The Morgan fingerprint density at radius 2 is 1.75 bits per heavy atom. The Morgan fingerprint density at radius 1 is 1.05 bits per heavy atom. The number of anilines is 1. The fourth-order valence-corrected chi connectivity index (χ4v) is 8.57. The number of aromatic nitrogens is 4. The maximum absolute atomic E-state index is 12.7. The normalized spacial score (nSPS) is 21.4. The third kappa shape index (κ3) is 16.8. The molecule has 3 rings (SSSR count). The number of aliphatic hydroxyl groups excluding tert-OH is 2. The number of imidazole rings is 1. The van der Waals surface area contributed by atoms with Gasteiger partial charge in [0.2, 0.25) is 11.8 Å². The smallest absolute Gasteiger partial charge is 0.386 e. The van der Waals surface area contributed by atoms with Crippen molar-refractivity contribution in [3.8, 4) is 0 Å². The molecule has 2 amide bonds. The van der Waals surface area contributed by atoms with Gasteiger partial charge in [-0.2, -0.15) is 4.31 Å². The molecule has 0 spiro atoms. The molecule has 1 aliphatic rings. The highest BCUT2D eigenvalue weighted by Crippen LogP contribution is 2.61. The summed E-state index contributed by atoms with van der Waals surface area (Å²) >= 11 is 1.07. The van der Waals surface area contributed by atoms with Gasteiger partial charge in [0.1, 0.15) is 36.3 Å². The number of phosphoric ester groups is 3. The van der Waals surface area contributed by atoms with Crippen molar-refractivity contribution in [3.05, 3.63) is 37.0 Å². The molecule has 0 radical (unpaired) electrons. The lowest BCUT2D eigenvalue weighted by Gasteiger charge is -2.30. The van der Waals surface area contributed by atoms with Gasteiger partial charge < -0.3 is 50.9 Å². The van der Waals surface area contributed by atoms with Crippen molar-refractivity contribution < 1.29 is 80.5 Å². The summed E-state index contributed by atoms with van der Waals surface area (Å²) in [7, 11) is -16.4. The molecule has 2 aromatic rings. The van der Waals surface area contributed by atoms with Gasteiger partial charge in [0.25, 0.3) is 0 Å². The highest BCUT2D eigenvalue weighted by Gasteiger charge is 2.50. The molecule has 0 aromatic carbocycles. The molecule has 10 N–H and O–H groups in total. The summed E-state index contributed by atoms with van der Waals surface area (Å²) in [5, 5.41) is 26.4. The number of carbonyl (C=O) groups excluding carboxylic acids is 3. The minimum absolute atomic E-state index is 0.0302. The minimum atomic E-state index is -5.57. The van der Waals surface area contributed by atoms with Crippen LogP contribution in [-0.2, 0) is 50.7 Å². The molecule has 3 heterocycles. The van der Waals surface area contributed by atoms with Crippen molar-refractivity contribution in [1.82, 2.24) is 30.2 Å². The summed E-state index contributed by atoms with van der Waals surface area (Å²) in [4.78, 5) is 87.7. The summed E-state index contributed by atoms with van der Waals surface area (Å²) in [6.07, 6.45) is 4.01. The Hall–Kier alpha value is -2.96. The lowest BCUT2D eigenvalue weighted by atomic mass is 9.87. The number of hydrogen-bond donors (Lipinski definition) is 9. The summed E-state index contributed by atoms with van der Waals surface area (Å²) in [5.41, 5.74) is 4.26. The van der Waals surface area contributed by atoms with Crippen LogP contribution in [-0.4, -0.2) is 123 Å². The number of allylic oxidation sites excluding steroid dienone is 4. The van der Waals surface area contributed by atoms with Crippen LogP contribution in [0.5, 0.6) is 0 Å². The van der Waals surface area contributed by atoms with Gasteiger partial charge in [-0.05, 0) is 6.42 Å². The molecule has 332 valence electrons. The first-order valence-corrected chi connectivity index (χ1v) is 23.4. The summed E-state index contributed by atoms with van der Waals surface area (Å²) in [6.45, 7) is 2.59. The van der Waals surface area contributed by atoms with Gasteiger partial charge in [-0.3, -0.25) is 32.5 Å². The van der Waals surface area contributed by atoms with E-state index in [9.17, 15) is 57.9 Å². The topological polar surface area (TPSA) is 364 Å². The molecule has 28 heteroatoms. The lowest BCUT2D eigenvalue weighted by molar-refractivity contribution is -0.137. The van der Waals surface area contributed by atoms with Crippen LogP contribution < -0.4 is 16.4 Å². The third-order valence-corrected chi connectivity index (χ3v) is 12.2. The molecule has 24 nitrogen and oxygen atoms in total. The van der Waals surface area contributed by atoms with Crippen molar-refractivity contribution in [3.63, 3.8) is 0 Å². The second kappa shape index (κ2) is 22.8. The molecule has 1 fully saturated rings. The summed E-state index contributed by atoms with van der Waals surface area (Å²) < 4.78 is 62.2. The van der Waals surface area contributed by atoms with Gasteiger partial charge >= 0.3 is 23.5 Å². The van der Waals surface area contributed by atoms with Crippen LogP contribution in [0, 0.1) is 5.41 Å². The summed E-state index contributed by atoms with van der Waals surface area (Å²) in [5.74, 6) is -1.12. The maximum Gasteiger partial charge on any atom is 0.481 e. The standard InChI is InChI=1S/C31H50N7O17P3S/c1-4-5-6-7-8-9-10-11-22(40)59-15-14-33-21(39)12-13-34-29(43)26(42)31(2,3)17-52-58(49,50)55-57(47,48)51-16-20-25(54-56(44,45)46)24(41)30(53-20)38-19-37-23-27(32)35-18-36-28(23)38/h7-10,18-20,24-26,30,41-42H,4-6,11-17H2,1-3H3,(H,33,39)(H,34,43)(H,47,48)(H,49,50)(H2,32,35,36)(H2,44,45,46)/b8-7+,10-9+/t20-,24-,25-,26+,30-/m1/s1. The molecule has 0 bridgehead atoms. The Balaban J connectivity index is 1.43. The van der Waals surface area contributed by atoms with Crippen LogP contribution in [0.3, 0.4) is 0 Å². The second-order valence-corrected chi connectivity index (χ2v) is 18.9. The molecule has 2 unspecified atom stereocenters. The van der Waals surface area contributed by atoms with E-state index in [0.717, 1.165) is 48.2 Å². The van der Waals surface area contributed by atoms with Crippen LogP contribution in [0.1, 0.15) is 59.1 Å². The number of ether oxygens (including phenoxy) is 1. The fourth-order valence-electron chi connectivity index (χ4n) is 5.09. The molecule has 59 heavy (non-hydrogen) atoms. The van der Waals surface area contributed by atoms with Gasteiger partial charge in [0.05, 0.1) is 19.5 Å². The predicted octanol–water partition coefficient (Wildman–Crippen LogP) is 1.36. The average molecular weight is 918 g/mol. The zero-order valence-corrected chi connectivity index (χ0v) is 35.7. The fraction of sp³-hybridized carbons (Fsp3) is 0.613. The molecular weight excluding hydrogens is 867 g/mol. The SMILES string of the molecule is CCCC/C=C/C=C/CC(=O)SCCNC(=O)CCNC(=O)[C@H](O)C(C)(C)COP(=O)(O)OP(=O)(O)OC[C@H]1O[C@@H](n2cnc3c(N)ncnc32)[C@H](O)[C@@H]1OP(=O)(O)O. The molecule has 1 aliphatic heterocycles. The largest absolute Gasteiger partial charge is 0.481 e. The number of hydrogen-bond acceptors (Lipinski definition) is 18. The van der Waals surface area contributed by atoms with Crippen molar-refractivity contribution in [1.29, 1.82) is 0 Å². The Bertz CT molecular complexity index is 1950. The zero-order chi connectivity index (χ0) is 44.0. The number of nitrogen functional groups attached to an aromatic ring is 1.